The van der Waals surface area contributed by atoms with Gasteiger partial charge in [0.1, 0.15) is 12.0 Å². The Morgan fingerprint density at radius 1 is 1.25 bits per heavy atom. The third-order valence-corrected chi connectivity index (χ3v) is 6.23. The van der Waals surface area contributed by atoms with Crippen LogP contribution in [0.25, 0.3) is 0 Å². The monoisotopic (exact) mass is 408 g/mol. The Labute approximate surface area is 169 Å². The number of unbranched alkanes of at least 4 members (excludes halogenated alkanes) is 1. The van der Waals surface area contributed by atoms with Gasteiger partial charge in [-0.15, -0.1) is 11.8 Å². The molecule has 0 saturated carbocycles. The van der Waals surface area contributed by atoms with E-state index in [0.717, 1.165) is 76.0 Å². The summed E-state index contributed by atoms with van der Waals surface area (Å²) in [7, 11) is 0. The topological polar surface area (TPSA) is 109 Å². The normalized spacial score (nSPS) is 19.0. The van der Waals surface area contributed by atoms with E-state index in [9.17, 15) is 14.9 Å². The molecule has 1 aromatic rings. The van der Waals surface area contributed by atoms with Gasteiger partial charge in [-0.25, -0.2) is 4.98 Å². The molecule has 1 unspecified atom stereocenters. The lowest BCUT2D eigenvalue weighted by atomic mass is 10.1. The molecule has 3 heterocycles. The number of pyridine rings is 1. The van der Waals surface area contributed by atoms with Gasteiger partial charge in [-0.1, -0.05) is 6.42 Å². The van der Waals surface area contributed by atoms with Crippen molar-refractivity contribution >= 4 is 29.2 Å². The number of nitro groups is 1. The highest BCUT2D eigenvalue weighted by Crippen LogP contribution is 2.18. The third-order valence-electron chi connectivity index (χ3n) is 5.26. The molecule has 1 amide bonds. The van der Waals surface area contributed by atoms with Crippen molar-refractivity contribution < 1.29 is 9.72 Å². The molecule has 9 nitrogen and oxygen atoms in total. The van der Waals surface area contributed by atoms with Gasteiger partial charge < -0.3 is 15.5 Å². The lowest BCUT2D eigenvalue weighted by molar-refractivity contribution is -0.385. The predicted octanol–water partition coefficient (Wildman–Crippen LogP) is 1.14. The molecule has 2 N–H and O–H groups in total. The van der Waals surface area contributed by atoms with E-state index in [0.29, 0.717) is 0 Å². The van der Waals surface area contributed by atoms with E-state index in [1.807, 2.05) is 4.90 Å². The van der Waals surface area contributed by atoms with Crippen LogP contribution in [-0.4, -0.2) is 82.6 Å². The fourth-order valence-electron chi connectivity index (χ4n) is 3.52. The minimum Gasteiger partial charge on any atom is -0.354 e. The first-order valence-corrected chi connectivity index (χ1v) is 10.9. The summed E-state index contributed by atoms with van der Waals surface area (Å²) in [4.78, 5) is 33.1. The van der Waals surface area contributed by atoms with E-state index in [-0.39, 0.29) is 17.6 Å². The Balaban J connectivity index is 1.32. The average Bonchev–Trinajstić information content (AvgIpc) is 3.26. The van der Waals surface area contributed by atoms with Crippen molar-refractivity contribution in [2.24, 2.45) is 5.73 Å². The summed E-state index contributed by atoms with van der Waals surface area (Å²) >= 11 is 1.78. The first-order chi connectivity index (χ1) is 13.5. The largest absolute Gasteiger partial charge is 0.354 e. The summed E-state index contributed by atoms with van der Waals surface area (Å²) < 4.78 is 0. The molecule has 2 fully saturated rings. The smallest absolute Gasteiger partial charge is 0.287 e. The molecular weight excluding hydrogens is 380 g/mol. The van der Waals surface area contributed by atoms with Crippen LogP contribution in [0.15, 0.2) is 18.3 Å². The third kappa shape index (κ3) is 5.55. The van der Waals surface area contributed by atoms with E-state index >= 15 is 0 Å². The van der Waals surface area contributed by atoms with Crippen molar-refractivity contribution in [1.29, 1.82) is 0 Å². The van der Waals surface area contributed by atoms with Crippen LogP contribution in [0, 0.1) is 10.1 Å². The Hall–Kier alpha value is -1.91. The Kier molecular flexibility index (Phi) is 7.46. The summed E-state index contributed by atoms with van der Waals surface area (Å²) in [5.74, 6) is 2.67. The molecule has 0 aromatic carbocycles. The van der Waals surface area contributed by atoms with Crippen molar-refractivity contribution in [3.8, 4) is 0 Å². The van der Waals surface area contributed by atoms with Gasteiger partial charge in [0, 0.05) is 44.5 Å². The maximum atomic E-state index is 12.2. The summed E-state index contributed by atoms with van der Waals surface area (Å²) in [5, 5.41) is 10.7. The van der Waals surface area contributed by atoms with Gasteiger partial charge in [-0.2, -0.15) is 0 Å². The van der Waals surface area contributed by atoms with E-state index in [1.165, 1.54) is 12.3 Å². The number of hydrogen-bond donors (Lipinski definition) is 1. The number of rotatable bonds is 8. The lowest BCUT2D eigenvalue weighted by Gasteiger charge is -2.35. The fraction of sp³-hybridized carbons (Fsp3) is 0.667. The highest BCUT2D eigenvalue weighted by Gasteiger charge is 2.24. The van der Waals surface area contributed by atoms with Crippen LogP contribution < -0.4 is 10.6 Å². The van der Waals surface area contributed by atoms with Crippen LogP contribution in [0.3, 0.4) is 0 Å². The molecule has 0 bridgehead atoms. The number of amides is 1. The van der Waals surface area contributed by atoms with Crippen molar-refractivity contribution in [2.45, 2.75) is 25.3 Å². The Morgan fingerprint density at radius 3 is 2.64 bits per heavy atom. The maximum absolute atomic E-state index is 12.2. The summed E-state index contributed by atoms with van der Waals surface area (Å²) in [6.45, 7) is 5.42. The standard InChI is InChI=1S/C18H28N6O3S/c19-16(18(25)23-11-12-28-14-23)3-1-2-6-21-7-9-22(10-8-21)17-5-4-15(13-20-17)24(26)27/h4-5,13,16H,1-3,6-12,14,19H2. The van der Waals surface area contributed by atoms with Crippen LogP contribution in [0.4, 0.5) is 11.5 Å². The average molecular weight is 409 g/mol. The molecule has 0 radical (unpaired) electrons. The quantitative estimate of drug-likeness (QED) is 0.387. The molecule has 2 aliphatic rings. The number of piperazine rings is 1. The summed E-state index contributed by atoms with van der Waals surface area (Å²) in [6, 6.07) is 2.84. The molecule has 28 heavy (non-hydrogen) atoms. The van der Waals surface area contributed by atoms with Crippen molar-refractivity contribution in [1.82, 2.24) is 14.8 Å². The van der Waals surface area contributed by atoms with E-state index < -0.39 is 4.92 Å². The second-order valence-electron chi connectivity index (χ2n) is 7.20. The molecule has 2 aliphatic heterocycles. The SMILES string of the molecule is NC(CCCCN1CCN(c2ccc([N+](=O)[O-])cn2)CC1)C(=O)N1CCSC1. The minimum absolute atomic E-state index is 0.0163. The second kappa shape index (κ2) is 10.0. The molecular formula is C18H28N6O3S. The van der Waals surface area contributed by atoms with E-state index in [1.54, 1.807) is 17.8 Å². The molecule has 1 atom stereocenters. The number of hydrogen-bond acceptors (Lipinski definition) is 8. The molecule has 2 saturated heterocycles. The maximum Gasteiger partial charge on any atom is 0.287 e. The van der Waals surface area contributed by atoms with Crippen molar-refractivity contribution in [3.63, 3.8) is 0 Å². The van der Waals surface area contributed by atoms with Gasteiger partial charge >= 0.3 is 0 Å². The van der Waals surface area contributed by atoms with Crippen LogP contribution >= 0.6 is 11.8 Å². The number of nitrogens with zero attached hydrogens (tertiary/aromatic N) is 5. The zero-order chi connectivity index (χ0) is 19.9. The van der Waals surface area contributed by atoms with Gasteiger partial charge in [-0.3, -0.25) is 19.8 Å². The zero-order valence-electron chi connectivity index (χ0n) is 16.0. The van der Waals surface area contributed by atoms with Crippen LogP contribution in [-0.2, 0) is 4.79 Å². The fourth-order valence-corrected chi connectivity index (χ4v) is 4.47. The van der Waals surface area contributed by atoms with Crippen molar-refractivity contribution in [2.75, 3.05) is 55.8 Å². The molecule has 3 rings (SSSR count). The van der Waals surface area contributed by atoms with E-state index in [4.69, 9.17) is 5.73 Å². The number of nitrogens with two attached hydrogens (primary N) is 1. The lowest BCUT2D eigenvalue weighted by Crippen LogP contribution is -2.47. The second-order valence-corrected chi connectivity index (χ2v) is 8.28. The zero-order valence-corrected chi connectivity index (χ0v) is 16.9. The van der Waals surface area contributed by atoms with Gasteiger partial charge in [0.25, 0.3) is 5.69 Å². The predicted molar refractivity (Wildman–Crippen MR) is 110 cm³/mol. The van der Waals surface area contributed by atoms with Crippen LogP contribution in [0.5, 0.6) is 0 Å². The van der Waals surface area contributed by atoms with Crippen LogP contribution in [0.2, 0.25) is 0 Å². The summed E-state index contributed by atoms with van der Waals surface area (Å²) in [6.07, 6.45) is 4.04. The number of anilines is 1. The van der Waals surface area contributed by atoms with Gasteiger partial charge in [-0.05, 0) is 25.5 Å². The van der Waals surface area contributed by atoms with Gasteiger partial charge in [0.05, 0.1) is 16.8 Å². The Morgan fingerprint density at radius 2 is 2.04 bits per heavy atom. The van der Waals surface area contributed by atoms with Crippen molar-refractivity contribution in [3.05, 3.63) is 28.4 Å². The first-order valence-electron chi connectivity index (χ1n) is 9.74. The number of carbonyl (C=O) groups excluding carboxylic acids is 1. The molecule has 10 heteroatoms. The number of aromatic nitrogens is 1. The molecule has 1 aromatic heterocycles. The molecule has 154 valence electrons. The summed E-state index contributed by atoms with van der Waals surface area (Å²) in [5.41, 5.74) is 6.07. The Bertz CT molecular complexity index is 660. The first kappa shape index (κ1) is 20.8. The van der Waals surface area contributed by atoms with Gasteiger partial charge in [0.2, 0.25) is 5.91 Å². The molecule has 0 aliphatic carbocycles. The number of carbonyl (C=O) groups is 1. The molecule has 0 spiro atoms. The number of thioether (sulfide) groups is 1. The van der Waals surface area contributed by atoms with E-state index in [2.05, 4.69) is 14.8 Å². The van der Waals surface area contributed by atoms with Crippen LogP contribution in [0.1, 0.15) is 19.3 Å². The highest BCUT2D eigenvalue weighted by atomic mass is 32.2. The minimum atomic E-state index is -0.432. The highest BCUT2D eigenvalue weighted by molar-refractivity contribution is 7.99. The van der Waals surface area contributed by atoms with Gasteiger partial charge in [0.15, 0.2) is 0 Å².